The lowest BCUT2D eigenvalue weighted by atomic mass is 10.2. The van der Waals surface area contributed by atoms with Gasteiger partial charge in [0.2, 0.25) is 11.8 Å². The molecule has 0 aliphatic rings. The van der Waals surface area contributed by atoms with Gasteiger partial charge in [0.15, 0.2) is 0 Å². The van der Waals surface area contributed by atoms with Gasteiger partial charge >= 0.3 is 0 Å². The van der Waals surface area contributed by atoms with Gasteiger partial charge in [0.1, 0.15) is 5.01 Å². The first kappa shape index (κ1) is 17.4. The smallest absolute Gasteiger partial charge is 0.248 e. The summed E-state index contributed by atoms with van der Waals surface area (Å²) in [5, 5.41) is 4.42. The minimum atomic E-state index is -0.295. The Bertz CT molecular complexity index is 910. The highest BCUT2D eigenvalue weighted by Crippen LogP contribution is 2.19. The molecule has 128 valence electrons. The summed E-state index contributed by atoms with van der Waals surface area (Å²) in [7, 11) is 0. The number of nitrogens with one attached hydrogen (secondary N) is 2. The second-order valence-electron chi connectivity index (χ2n) is 5.29. The topological polar surface area (TPSA) is 84.0 Å². The Balaban J connectivity index is 1.44. The summed E-state index contributed by atoms with van der Waals surface area (Å²) >= 11 is 2.74. The molecule has 0 saturated heterocycles. The van der Waals surface area contributed by atoms with Crippen LogP contribution in [0.15, 0.2) is 46.8 Å². The van der Waals surface area contributed by atoms with Gasteiger partial charge in [0.05, 0.1) is 22.7 Å². The molecular weight excluding hydrogens is 356 g/mol. The summed E-state index contributed by atoms with van der Waals surface area (Å²) in [6, 6.07) is 11.7. The van der Waals surface area contributed by atoms with E-state index in [0.29, 0.717) is 0 Å². The number of benzene rings is 1. The zero-order chi connectivity index (χ0) is 17.6. The van der Waals surface area contributed by atoms with E-state index in [0.717, 1.165) is 26.6 Å². The lowest BCUT2D eigenvalue weighted by Crippen LogP contribution is -2.43. The molecule has 0 unspecified atom stereocenters. The maximum absolute atomic E-state index is 11.9. The Hall–Kier alpha value is -2.45. The highest BCUT2D eigenvalue weighted by molar-refractivity contribution is 7.99. The van der Waals surface area contributed by atoms with E-state index in [1.54, 1.807) is 0 Å². The monoisotopic (exact) mass is 372 g/mol. The number of aromatic nitrogens is 2. The number of carbonyl (C=O) groups is 2. The molecule has 0 saturated carbocycles. The first-order valence-corrected chi connectivity index (χ1v) is 9.44. The fraction of sp³-hybridized carbons (Fsp3) is 0.176. The fourth-order valence-corrected chi connectivity index (χ4v) is 3.56. The minimum Gasteiger partial charge on any atom is -0.273 e. The van der Waals surface area contributed by atoms with E-state index < -0.39 is 0 Å². The molecule has 0 bridgehead atoms. The summed E-state index contributed by atoms with van der Waals surface area (Å²) < 4.78 is 0. The van der Waals surface area contributed by atoms with E-state index in [1.807, 2.05) is 48.7 Å². The van der Waals surface area contributed by atoms with E-state index in [9.17, 15) is 9.59 Å². The van der Waals surface area contributed by atoms with E-state index in [4.69, 9.17) is 0 Å². The van der Waals surface area contributed by atoms with Crippen molar-refractivity contribution in [2.75, 3.05) is 5.75 Å². The van der Waals surface area contributed by atoms with Crippen LogP contribution in [0.3, 0.4) is 0 Å². The lowest BCUT2D eigenvalue weighted by Gasteiger charge is -2.06. The molecule has 0 radical (unpaired) electrons. The molecule has 3 aromatic rings. The van der Waals surface area contributed by atoms with Gasteiger partial charge in [-0.25, -0.2) is 9.97 Å². The zero-order valence-electron chi connectivity index (χ0n) is 13.5. The molecule has 0 atom stereocenters. The van der Waals surface area contributed by atoms with Crippen LogP contribution in [0.1, 0.15) is 10.7 Å². The maximum Gasteiger partial charge on any atom is 0.248 e. The van der Waals surface area contributed by atoms with Crippen molar-refractivity contribution in [3.8, 4) is 0 Å². The van der Waals surface area contributed by atoms with Crippen molar-refractivity contribution in [1.82, 2.24) is 20.8 Å². The number of pyridine rings is 1. The first-order chi connectivity index (χ1) is 12.1. The number of hydrogen-bond acceptors (Lipinski definition) is 6. The van der Waals surface area contributed by atoms with E-state index in [1.165, 1.54) is 23.1 Å². The third-order valence-electron chi connectivity index (χ3n) is 3.24. The number of nitrogens with zero attached hydrogens (tertiary/aromatic N) is 2. The Morgan fingerprint density at radius 3 is 2.68 bits per heavy atom. The minimum absolute atomic E-state index is 0.151. The molecule has 2 amide bonds. The van der Waals surface area contributed by atoms with Gasteiger partial charge in [-0.15, -0.1) is 11.3 Å². The molecule has 2 N–H and O–H groups in total. The van der Waals surface area contributed by atoms with Gasteiger partial charge in [-0.3, -0.25) is 20.4 Å². The quantitative estimate of drug-likeness (QED) is 0.531. The molecule has 0 fully saturated rings. The molecule has 2 aromatic heterocycles. The van der Waals surface area contributed by atoms with Gasteiger partial charge in [-0.1, -0.05) is 36.0 Å². The highest BCUT2D eigenvalue weighted by atomic mass is 32.2. The molecule has 0 aliphatic heterocycles. The summed E-state index contributed by atoms with van der Waals surface area (Å²) in [6.45, 7) is 1.87. The van der Waals surface area contributed by atoms with Crippen molar-refractivity contribution in [3.05, 3.63) is 52.5 Å². The average Bonchev–Trinajstić information content (AvgIpc) is 3.02. The largest absolute Gasteiger partial charge is 0.273 e. The highest BCUT2D eigenvalue weighted by Gasteiger charge is 2.09. The van der Waals surface area contributed by atoms with Crippen molar-refractivity contribution in [2.24, 2.45) is 0 Å². The van der Waals surface area contributed by atoms with Gasteiger partial charge in [-0.2, -0.15) is 0 Å². The number of thioether (sulfide) groups is 1. The van der Waals surface area contributed by atoms with Crippen LogP contribution in [-0.4, -0.2) is 27.5 Å². The zero-order valence-corrected chi connectivity index (χ0v) is 15.1. The average molecular weight is 372 g/mol. The van der Waals surface area contributed by atoms with Crippen LogP contribution in [0.4, 0.5) is 0 Å². The number of para-hydroxylation sites is 1. The summed E-state index contributed by atoms with van der Waals surface area (Å²) in [5.41, 5.74) is 6.58. The molecule has 3 rings (SSSR count). The van der Waals surface area contributed by atoms with Gasteiger partial charge in [0.25, 0.3) is 0 Å². The Labute approximate surface area is 153 Å². The van der Waals surface area contributed by atoms with Crippen LogP contribution in [0.25, 0.3) is 10.9 Å². The summed E-state index contributed by atoms with van der Waals surface area (Å²) in [6.07, 6.45) is 0.151. The van der Waals surface area contributed by atoms with Crippen LogP contribution in [-0.2, 0) is 16.0 Å². The Morgan fingerprint density at radius 2 is 1.88 bits per heavy atom. The number of fused-ring (bicyclic) bond motifs is 1. The Morgan fingerprint density at radius 1 is 1.08 bits per heavy atom. The molecular formula is C17H16N4O2S2. The maximum atomic E-state index is 11.9. The fourth-order valence-electron chi connectivity index (χ4n) is 2.11. The number of carbonyl (C=O) groups excluding carboxylic acids is 2. The Kier molecular flexibility index (Phi) is 5.62. The second-order valence-corrected chi connectivity index (χ2v) is 7.22. The van der Waals surface area contributed by atoms with Crippen LogP contribution in [0.5, 0.6) is 0 Å². The van der Waals surface area contributed by atoms with Gasteiger partial charge in [-0.05, 0) is 19.1 Å². The van der Waals surface area contributed by atoms with E-state index in [2.05, 4.69) is 20.8 Å². The SMILES string of the molecule is Cc1csc(CC(=O)NNC(=O)CSc2ccc3ccccc3n2)n1. The van der Waals surface area contributed by atoms with Crippen LogP contribution in [0.2, 0.25) is 0 Å². The normalized spacial score (nSPS) is 10.6. The first-order valence-electron chi connectivity index (χ1n) is 7.57. The van der Waals surface area contributed by atoms with Crippen LogP contribution in [0, 0.1) is 6.92 Å². The van der Waals surface area contributed by atoms with Crippen molar-refractivity contribution < 1.29 is 9.59 Å². The van der Waals surface area contributed by atoms with E-state index >= 15 is 0 Å². The molecule has 0 spiro atoms. The van der Waals surface area contributed by atoms with Crippen molar-refractivity contribution >= 4 is 45.8 Å². The molecule has 25 heavy (non-hydrogen) atoms. The number of thiazole rings is 1. The second kappa shape index (κ2) is 8.09. The molecule has 2 heterocycles. The number of aryl methyl sites for hydroxylation is 1. The van der Waals surface area contributed by atoms with Crippen molar-refractivity contribution in [3.63, 3.8) is 0 Å². The van der Waals surface area contributed by atoms with E-state index in [-0.39, 0.29) is 24.0 Å². The number of hydrazine groups is 1. The van der Waals surface area contributed by atoms with Crippen LogP contribution < -0.4 is 10.9 Å². The molecule has 1 aromatic carbocycles. The van der Waals surface area contributed by atoms with Crippen molar-refractivity contribution in [2.45, 2.75) is 18.4 Å². The number of amides is 2. The molecule has 0 aliphatic carbocycles. The standard InChI is InChI=1S/C17H16N4O2S2/c1-11-9-24-17(18-11)8-14(22)20-21-15(23)10-25-16-7-6-12-4-2-3-5-13(12)19-16/h2-7,9H,8,10H2,1H3,(H,20,22)(H,21,23). The van der Waals surface area contributed by atoms with Crippen molar-refractivity contribution in [1.29, 1.82) is 0 Å². The van der Waals surface area contributed by atoms with Crippen LogP contribution >= 0.6 is 23.1 Å². The molecule has 8 heteroatoms. The predicted octanol–water partition coefficient (Wildman–Crippen LogP) is 2.48. The van der Waals surface area contributed by atoms with Gasteiger partial charge < -0.3 is 0 Å². The number of hydrogen-bond donors (Lipinski definition) is 2. The predicted molar refractivity (Wildman–Crippen MR) is 99.3 cm³/mol. The third-order valence-corrected chi connectivity index (χ3v) is 5.14. The van der Waals surface area contributed by atoms with Gasteiger partial charge in [0, 0.05) is 16.5 Å². The lowest BCUT2D eigenvalue weighted by molar-refractivity contribution is -0.127. The third kappa shape index (κ3) is 5.01. The molecule has 6 nitrogen and oxygen atoms in total. The number of rotatable bonds is 5. The summed E-state index contributed by atoms with van der Waals surface area (Å²) in [4.78, 5) is 32.3. The summed E-state index contributed by atoms with van der Waals surface area (Å²) in [5.74, 6) is -0.415.